The van der Waals surface area contributed by atoms with E-state index >= 15 is 0 Å². The highest BCUT2D eigenvalue weighted by Gasteiger charge is 2.20. The molecule has 0 saturated carbocycles. The molecule has 2 heterocycles. The average Bonchev–Trinajstić information content (AvgIpc) is 3.47. The second kappa shape index (κ2) is 10.9. The number of benzene rings is 6. The lowest BCUT2D eigenvalue weighted by Gasteiger charge is -2.15. The zero-order valence-electron chi connectivity index (χ0n) is 28.2. The fraction of sp³-hybridized carbons (Fsp3) is 0. The molecule has 0 aliphatic heterocycles. The third-order valence-corrected chi connectivity index (χ3v) is 7.85. The standard InChI is InChI=1S/C39H25ClN4/c40-30-21-23-35(44-34-19-11-10-18-31(34)32-22-20-29(24-36(32)44)26-12-4-1-5-13-26)33(25-30)39-42-37(27-14-6-2-7-15-27)41-38(43-39)28-16-8-3-9-17-28/h1-25H/i2D,6D,7D,14D,15D. The first-order valence-corrected chi connectivity index (χ1v) is 14.5. The third-order valence-electron chi connectivity index (χ3n) is 7.61. The zero-order valence-corrected chi connectivity index (χ0v) is 24.0. The second-order valence-corrected chi connectivity index (χ2v) is 10.7. The summed E-state index contributed by atoms with van der Waals surface area (Å²) in [6.45, 7) is 0. The molecule has 0 radical (unpaired) electrons. The lowest BCUT2D eigenvalue weighted by atomic mass is 10.0. The normalized spacial score (nSPS) is 12.9. The Bertz CT molecular complexity index is 2540. The summed E-state index contributed by atoms with van der Waals surface area (Å²) < 4.78 is 44.3. The first-order chi connectivity index (χ1) is 23.8. The van der Waals surface area contributed by atoms with Crippen molar-refractivity contribution in [2.45, 2.75) is 0 Å². The number of nitrogens with zero attached hydrogens (tertiary/aromatic N) is 4. The van der Waals surface area contributed by atoms with Gasteiger partial charge in [-0.2, -0.15) is 0 Å². The molecule has 2 aromatic heterocycles. The lowest BCUT2D eigenvalue weighted by molar-refractivity contribution is 1.06. The van der Waals surface area contributed by atoms with E-state index in [9.17, 15) is 0 Å². The van der Waals surface area contributed by atoms with E-state index in [2.05, 4.69) is 52.0 Å². The van der Waals surface area contributed by atoms with Gasteiger partial charge in [0.25, 0.3) is 0 Å². The largest absolute Gasteiger partial charge is 0.308 e. The molecule has 8 aromatic rings. The van der Waals surface area contributed by atoms with Gasteiger partial charge < -0.3 is 4.57 Å². The van der Waals surface area contributed by atoms with Crippen LogP contribution >= 0.6 is 11.6 Å². The molecule has 8 rings (SSSR count). The summed E-state index contributed by atoms with van der Waals surface area (Å²) >= 11 is 6.68. The van der Waals surface area contributed by atoms with Gasteiger partial charge in [-0.05, 0) is 41.5 Å². The number of rotatable bonds is 5. The predicted molar refractivity (Wildman–Crippen MR) is 181 cm³/mol. The summed E-state index contributed by atoms with van der Waals surface area (Å²) in [6, 6.07) is 37.4. The maximum Gasteiger partial charge on any atom is 0.166 e. The molecule has 0 spiro atoms. The molecule has 0 bridgehead atoms. The van der Waals surface area contributed by atoms with Crippen molar-refractivity contribution in [1.29, 1.82) is 0 Å². The molecule has 5 heteroatoms. The van der Waals surface area contributed by atoms with Gasteiger partial charge in [0.05, 0.1) is 23.6 Å². The van der Waals surface area contributed by atoms with Gasteiger partial charge in [-0.25, -0.2) is 15.0 Å². The molecule has 0 N–H and O–H groups in total. The predicted octanol–water partition coefficient (Wildman–Crippen LogP) is 10.3. The minimum absolute atomic E-state index is 0.0413. The van der Waals surface area contributed by atoms with E-state index in [0.29, 0.717) is 16.1 Å². The van der Waals surface area contributed by atoms with Crippen LogP contribution in [0, 0.1) is 0 Å². The minimum Gasteiger partial charge on any atom is -0.308 e. The smallest absolute Gasteiger partial charge is 0.166 e. The van der Waals surface area contributed by atoms with Crippen LogP contribution in [0.15, 0.2) is 152 Å². The number of hydrogen-bond donors (Lipinski definition) is 0. The van der Waals surface area contributed by atoms with Crippen molar-refractivity contribution in [3.8, 4) is 51.0 Å². The van der Waals surface area contributed by atoms with Crippen LogP contribution in [-0.4, -0.2) is 19.5 Å². The lowest BCUT2D eigenvalue weighted by Crippen LogP contribution is -2.03. The Morgan fingerprint density at radius 3 is 1.91 bits per heavy atom. The van der Waals surface area contributed by atoms with E-state index in [-0.39, 0.29) is 23.0 Å². The van der Waals surface area contributed by atoms with E-state index in [1.807, 2.05) is 72.8 Å². The van der Waals surface area contributed by atoms with E-state index in [1.165, 1.54) is 0 Å². The molecule has 0 aliphatic rings. The Labute approximate surface area is 266 Å². The molecule has 0 unspecified atom stereocenters. The van der Waals surface area contributed by atoms with Gasteiger partial charge in [0, 0.05) is 32.5 Å². The Morgan fingerprint density at radius 1 is 0.500 bits per heavy atom. The molecule has 0 fully saturated rings. The van der Waals surface area contributed by atoms with Crippen molar-refractivity contribution in [2.24, 2.45) is 0 Å². The van der Waals surface area contributed by atoms with Gasteiger partial charge in [-0.1, -0.05) is 133 Å². The van der Waals surface area contributed by atoms with Crippen LogP contribution in [0.5, 0.6) is 0 Å². The average molecular weight is 590 g/mol. The van der Waals surface area contributed by atoms with Crippen molar-refractivity contribution in [3.63, 3.8) is 0 Å². The number of hydrogen-bond acceptors (Lipinski definition) is 3. The van der Waals surface area contributed by atoms with Crippen molar-refractivity contribution in [2.75, 3.05) is 0 Å². The monoisotopic (exact) mass is 589 g/mol. The summed E-state index contributed by atoms with van der Waals surface area (Å²) in [5, 5.41) is 2.59. The van der Waals surface area contributed by atoms with E-state index < -0.39 is 30.2 Å². The molecule has 6 aromatic carbocycles. The highest BCUT2D eigenvalue weighted by Crippen LogP contribution is 2.38. The van der Waals surface area contributed by atoms with Crippen LogP contribution in [0.3, 0.4) is 0 Å². The molecule has 4 nitrogen and oxygen atoms in total. The van der Waals surface area contributed by atoms with Gasteiger partial charge in [0.15, 0.2) is 17.5 Å². The van der Waals surface area contributed by atoms with Crippen molar-refractivity contribution in [1.82, 2.24) is 19.5 Å². The number of fused-ring (bicyclic) bond motifs is 3. The van der Waals surface area contributed by atoms with Crippen LogP contribution in [0.2, 0.25) is 5.02 Å². The highest BCUT2D eigenvalue weighted by atomic mass is 35.5. The van der Waals surface area contributed by atoms with Crippen LogP contribution in [0.4, 0.5) is 0 Å². The van der Waals surface area contributed by atoms with Crippen LogP contribution in [0.1, 0.15) is 6.85 Å². The van der Waals surface area contributed by atoms with Crippen molar-refractivity contribution in [3.05, 3.63) is 157 Å². The van der Waals surface area contributed by atoms with E-state index in [1.54, 1.807) is 6.07 Å². The number of para-hydroxylation sites is 1. The number of aromatic nitrogens is 4. The first kappa shape index (κ1) is 21.2. The summed E-state index contributed by atoms with van der Waals surface area (Å²) in [5.74, 6) is 0.477. The van der Waals surface area contributed by atoms with Gasteiger partial charge in [0.2, 0.25) is 0 Å². The summed E-state index contributed by atoms with van der Waals surface area (Å²) in [6.07, 6.45) is 0. The first-order valence-electron chi connectivity index (χ1n) is 16.6. The second-order valence-electron chi connectivity index (χ2n) is 10.3. The molecule has 0 amide bonds. The topological polar surface area (TPSA) is 43.6 Å². The van der Waals surface area contributed by atoms with E-state index in [4.69, 9.17) is 28.4 Å². The van der Waals surface area contributed by atoms with E-state index in [0.717, 1.165) is 38.6 Å². The maximum absolute atomic E-state index is 8.69. The zero-order chi connectivity index (χ0) is 33.8. The maximum atomic E-state index is 8.69. The highest BCUT2D eigenvalue weighted by molar-refractivity contribution is 6.31. The van der Waals surface area contributed by atoms with Crippen LogP contribution < -0.4 is 0 Å². The molecular weight excluding hydrogens is 560 g/mol. The molecular formula is C39H25ClN4. The number of halogens is 1. The minimum atomic E-state index is -0.491. The van der Waals surface area contributed by atoms with Gasteiger partial charge in [-0.15, -0.1) is 0 Å². The van der Waals surface area contributed by atoms with Gasteiger partial charge >= 0.3 is 0 Å². The Hall–Kier alpha value is -5.58. The Kier molecular flexibility index (Phi) is 5.25. The van der Waals surface area contributed by atoms with Gasteiger partial charge in [-0.3, -0.25) is 0 Å². The fourth-order valence-corrected chi connectivity index (χ4v) is 5.78. The fourth-order valence-electron chi connectivity index (χ4n) is 5.61. The third kappa shape index (κ3) is 4.62. The molecule has 0 atom stereocenters. The van der Waals surface area contributed by atoms with Crippen LogP contribution in [0.25, 0.3) is 72.8 Å². The molecule has 0 aliphatic carbocycles. The van der Waals surface area contributed by atoms with Gasteiger partial charge in [0.1, 0.15) is 0 Å². The Balaban J connectivity index is 1.44. The summed E-state index contributed by atoms with van der Waals surface area (Å²) in [4.78, 5) is 14.4. The van der Waals surface area contributed by atoms with Crippen molar-refractivity contribution >= 4 is 33.4 Å². The molecule has 44 heavy (non-hydrogen) atoms. The SMILES string of the molecule is [2H]c1c([2H])c([2H])c(-c2nc(-c3ccccc3)nc(-c3cc(Cl)ccc3-n3c4ccccc4c4ccc(-c5ccccc5)cc43)n2)c([2H])c1[2H]. The Morgan fingerprint density at radius 2 is 1.14 bits per heavy atom. The summed E-state index contributed by atoms with van der Waals surface area (Å²) in [5.41, 5.74) is 5.97. The quantitative estimate of drug-likeness (QED) is 0.200. The van der Waals surface area contributed by atoms with Crippen LogP contribution in [-0.2, 0) is 0 Å². The molecule has 208 valence electrons. The molecule has 0 saturated heterocycles. The summed E-state index contributed by atoms with van der Waals surface area (Å²) in [7, 11) is 0. The van der Waals surface area contributed by atoms with Crippen molar-refractivity contribution < 1.29 is 6.85 Å².